The summed E-state index contributed by atoms with van der Waals surface area (Å²) in [6.45, 7) is 0. The summed E-state index contributed by atoms with van der Waals surface area (Å²) >= 11 is 0. The highest BCUT2D eigenvalue weighted by Gasteiger charge is 2.15. The van der Waals surface area contributed by atoms with E-state index < -0.39 is 0 Å². The molecule has 1 aliphatic heterocycles. The highest BCUT2D eigenvalue weighted by atomic mass is 14.8. The van der Waals surface area contributed by atoms with E-state index in [4.69, 9.17) is 5.73 Å². The van der Waals surface area contributed by atoms with Crippen LogP contribution in [0, 0.1) is 0 Å². The number of benzene rings is 1. The summed E-state index contributed by atoms with van der Waals surface area (Å²) in [6.07, 6.45) is 9.97. The summed E-state index contributed by atoms with van der Waals surface area (Å²) in [5, 5.41) is 0. The lowest BCUT2D eigenvalue weighted by Gasteiger charge is -2.16. The van der Waals surface area contributed by atoms with E-state index in [1.807, 2.05) is 12.3 Å². The van der Waals surface area contributed by atoms with E-state index in [1.165, 1.54) is 16.7 Å². The van der Waals surface area contributed by atoms with Crippen molar-refractivity contribution >= 4 is 12.3 Å². The largest absolute Gasteiger partial charge is 0.402 e. The predicted molar refractivity (Wildman–Crippen MR) is 67.3 cm³/mol. The van der Waals surface area contributed by atoms with Gasteiger partial charge in [0.15, 0.2) is 0 Å². The van der Waals surface area contributed by atoms with Gasteiger partial charge in [0.2, 0.25) is 0 Å². The van der Waals surface area contributed by atoms with Gasteiger partial charge in [-0.15, -0.1) is 0 Å². The molecule has 1 aliphatic carbocycles. The minimum Gasteiger partial charge on any atom is -0.402 e. The van der Waals surface area contributed by atoms with Crippen LogP contribution < -0.4 is 5.73 Å². The lowest BCUT2D eigenvalue weighted by molar-refractivity contribution is 0.708. The van der Waals surface area contributed by atoms with Crippen molar-refractivity contribution in [3.63, 3.8) is 0 Å². The van der Waals surface area contributed by atoms with Crippen molar-refractivity contribution in [2.45, 2.75) is 18.9 Å². The van der Waals surface area contributed by atoms with E-state index in [0.717, 1.165) is 18.5 Å². The molecule has 1 unspecified atom stereocenters. The highest BCUT2D eigenvalue weighted by molar-refractivity contribution is 5.73. The van der Waals surface area contributed by atoms with E-state index in [-0.39, 0.29) is 6.04 Å². The van der Waals surface area contributed by atoms with Crippen molar-refractivity contribution in [2.24, 2.45) is 10.7 Å². The molecule has 0 aromatic heterocycles. The topological polar surface area (TPSA) is 38.4 Å². The Morgan fingerprint density at radius 3 is 3.12 bits per heavy atom. The van der Waals surface area contributed by atoms with Gasteiger partial charge in [0, 0.05) is 18.3 Å². The Bertz CT molecular complexity index is 509. The van der Waals surface area contributed by atoms with Crippen molar-refractivity contribution in [1.29, 1.82) is 0 Å². The summed E-state index contributed by atoms with van der Waals surface area (Å²) in [5.41, 5.74) is 10.7. The third-order valence-corrected chi connectivity index (χ3v) is 3.17. The SMILES string of the molecule is NC1=CC=NC(c2ccc3c(c2)C=CC3)C1. The van der Waals surface area contributed by atoms with Crippen LogP contribution in [0.15, 0.2) is 41.0 Å². The first-order valence-electron chi connectivity index (χ1n) is 5.60. The number of nitrogens with two attached hydrogens (primary N) is 1. The van der Waals surface area contributed by atoms with E-state index >= 15 is 0 Å². The average molecular weight is 210 g/mol. The van der Waals surface area contributed by atoms with E-state index in [9.17, 15) is 0 Å². The fourth-order valence-corrected chi connectivity index (χ4v) is 2.27. The molecule has 3 rings (SSSR count). The number of hydrogen-bond donors (Lipinski definition) is 1. The molecular formula is C14H14N2. The summed E-state index contributed by atoms with van der Waals surface area (Å²) in [7, 11) is 0. The molecule has 2 heteroatoms. The van der Waals surface area contributed by atoms with Crippen molar-refractivity contribution < 1.29 is 0 Å². The van der Waals surface area contributed by atoms with Crippen LogP contribution in [-0.4, -0.2) is 6.21 Å². The lowest BCUT2D eigenvalue weighted by atomic mass is 9.97. The minimum absolute atomic E-state index is 0.198. The molecule has 1 atom stereocenters. The van der Waals surface area contributed by atoms with Gasteiger partial charge in [-0.1, -0.05) is 24.3 Å². The van der Waals surface area contributed by atoms with Crippen LogP contribution in [0.4, 0.5) is 0 Å². The molecule has 80 valence electrons. The third-order valence-electron chi connectivity index (χ3n) is 3.17. The summed E-state index contributed by atoms with van der Waals surface area (Å²) in [5.74, 6) is 0. The minimum atomic E-state index is 0.198. The first-order chi connectivity index (χ1) is 7.83. The first kappa shape index (κ1) is 9.40. The molecule has 0 bridgehead atoms. The Labute approximate surface area is 95.2 Å². The Kier molecular flexibility index (Phi) is 2.13. The number of allylic oxidation sites excluding steroid dienone is 2. The Morgan fingerprint density at radius 1 is 1.31 bits per heavy atom. The molecule has 0 saturated heterocycles. The van der Waals surface area contributed by atoms with Crippen molar-refractivity contribution in [2.75, 3.05) is 0 Å². The fraction of sp³-hybridized carbons (Fsp3) is 0.214. The number of hydrogen-bond acceptors (Lipinski definition) is 2. The van der Waals surface area contributed by atoms with Gasteiger partial charge in [-0.05, 0) is 35.3 Å². The number of fused-ring (bicyclic) bond motifs is 1. The molecule has 0 fully saturated rings. The van der Waals surface area contributed by atoms with Gasteiger partial charge in [0.05, 0.1) is 6.04 Å². The molecule has 2 nitrogen and oxygen atoms in total. The summed E-state index contributed by atoms with van der Waals surface area (Å²) in [4.78, 5) is 4.47. The van der Waals surface area contributed by atoms with Crippen molar-refractivity contribution in [3.05, 3.63) is 52.7 Å². The Morgan fingerprint density at radius 2 is 2.25 bits per heavy atom. The van der Waals surface area contributed by atoms with Crippen molar-refractivity contribution in [3.8, 4) is 0 Å². The standard InChI is InChI=1S/C14H14N2/c15-13-6-7-16-14(9-13)12-5-4-10-2-1-3-11(10)8-12/h1,3-8,14H,2,9,15H2. The van der Waals surface area contributed by atoms with Gasteiger partial charge in [-0.2, -0.15) is 0 Å². The smallest absolute Gasteiger partial charge is 0.0803 e. The second-order valence-corrected chi connectivity index (χ2v) is 4.32. The van der Waals surface area contributed by atoms with Crippen LogP contribution in [0.1, 0.15) is 29.2 Å². The quantitative estimate of drug-likeness (QED) is 0.760. The molecule has 1 aromatic rings. The third kappa shape index (κ3) is 1.56. The molecule has 0 saturated carbocycles. The van der Waals surface area contributed by atoms with Gasteiger partial charge in [0.1, 0.15) is 0 Å². The molecular weight excluding hydrogens is 196 g/mol. The Balaban J connectivity index is 1.93. The molecule has 2 aliphatic rings. The second kappa shape index (κ2) is 3.63. The van der Waals surface area contributed by atoms with E-state index in [1.54, 1.807) is 0 Å². The first-order valence-corrected chi connectivity index (χ1v) is 5.60. The normalized spacial score (nSPS) is 22.0. The van der Waals surface area contributed by atoms with Gasteiger partial charge in [-0.25, -0.2) is 0 Å². The van der Waals surface area contributed by atoms with Crippen LogP contribution in [0.5, 0.6) is 0 Å². The van der Waals surface area contributed by atoms with Gasteiger partial charge in [-0.3, -0.25) is 4.99 Å². The molecule has 0 amide bonds. The fourth-order valence-electron chi connectivity index (χ4n) is 2.27. The number of rotatable bonds is 1. The van der Waals surface area contributed by atoms with E-state index in [0.29, 0.717) is 0 Å². The molecule has 1 aromatic carbocycles. The van der Waals surface area contributed by atoms with Crippen LogP contribution in [0.3, 0.4) is 0 Å². The molecule has 2 N–H and O–H groups in total. The van der Waals surface area contributed by atoms with Crippen LogP contribution >= 0.6 is 0 Å². The number of aliphatic imine (C=N–C) groups is 1. The highest BCUT2D eigenvalue weighted by Crippen LogP contribution is 2.29. The second-order valence-electron chi connectivity index (χ2n) is 4.32. The van der Waals surface area contributed by atoms with Crippen LogP contribution in [0.2, 0.25) is 0 Å². The average Bonchev–Trinajstić information content (AvgIpc) is 2.75. The maximum absolute atomic E-state index is 5.83. The number of nitrogens with zero attached hydrogens (tertiary/aromatic N) is 1. The number of dihydropyridines is 1. The molecule has 1 heterocycles. The zero-order valence-corrected chi connectivity index (χ0v) is 9.06. The van der Waals surface area contributed by atoms with Crippen molar-refractivity contribution in [1.82, 2.24) is 0 Å². The zero-order valence-electron chi connectivity index (χ0n) is 9.06. The molecule has 16 heavy (non-hydrogen) atoms. The van der Waals surface area contributed by atoms with Crippen LogP contribution in [-0.2, 0) is 6.42 Å². The van der Waals surface area contributed by atoms with Gasteiger partial charge in [0.25, 0.3) is 0 Å². The van der Waals surface area contributed by atoms with E-state index in [2.05, 4.69) is 35.3 Å². The lowest BCUT2D eigenvalue weighted by Crippen LogP contribution is -2.08. The maximum atomic E-state index is 5.83. The monoisotopic (exact) mass is 210 g/mol. The van der Waals surface area contributed by atoms with Crippen LogP contribution in [0.25, 0.3) is 6.08 Å². The molecule has 0 radical (unpaired) electrons. The summed E-state index contributed by atoms with van der Waals surface area (Å²) in [6, 6.07) is 6.81. The Hall–Kier alpha value is -1.83. The zero-order chi connectivity index (χ0) is 11.0. The van der Waals surface area contributed by atoms with Gasteiger partial charge >= 0.3 is 0 Å². The maximum Gasteiger partial charge on any atom is 0.0803 e. The predicted octanol–water partition coefficient (Wildman–Crippen LogP) is 2.61. The summed E-state index contributed by atoms with van der Waals surface area (Å²) < 4.78 is 0. The van der Waals surface area contributed by atoms with Gasteiger partial charge < -0.3 is 5.73 Å². The molecule has 0 spiro atoms.